The molecule has 0 aliphatic carbocycles. The van der Waals surface area contributed by atoms with Crippen LogP contribution in [0.3, 0.4) is 0 Å². The number of thiocarbonyl (C=S) groups is 1. The number of aromatic nitrogens is 4. The molecule has 0 unspecified atom stereocenters. The topological polar surface area (TPSA) is 90.5 Å². The minimum atomic E-state index is -4.44. The van der Waals surface area contributed by atoms with Crippen LogP contribution in [-0.4, -0.2) is 25.0 Å². The fourth-order valence-corrected chi connectivity index (χ4v) is 3.97. The molecule has 0 aliphatic heterocycles. The number of fused-ring (bicyclic) bond motifs is 1. The monoisotopic (exact) mass is 519 g/mol. The summed E-state index contributed by atoms with van der Waals surface area (Å²) in [6.45, 7) is 1.93. The summed E-state index contributed by atoms with van der Waals surface area (Å²) < 4.78 is 39.0. The predicted molar refractivity (Wildman–Crippen MR) is 143 cm³/mol. The van der Waals surface area contributed by atoms with Gasteiger partial charge in [-0.05, 0) is 73.2 Å². The number of hydrogen-bond acceptors (Lipinski definition) is 5. The molecule has 0 radical (unpaired) electrons. The first-order chi connectivity index (χ1) is 17.8. The standard InChI is InChI=1S/C26H20F3N7S/c1-15-7-8-19(33-25(37)32-18-6-2-5-17(12-18)26(27,28)29)13-21(15)35-24-34-20-9-11-31-23(20)22(36-24)16-4-3-10-30-14-16/h2-14,31H,1H3,(H2,32,33,37)(H,34,35,36). The van der Waals surface area contributed by atoms with E-state index in [-0.39, 0.29) is 10.8 Å². The number of aryl methyl sites for hydroxylation is 1. The van der Waals surface area contributed by atoms with Gasteiger partial charge in [-0.15, -0.1) is 0 Å². The molecule has 37 heavy (non-hydrogen) atoms. The first kappa shape index (κ1) is 24.2. The molecule has 0 bridgehead atoms. The van der Waals surface area contributed by atoms with E-state index in [1.807, 2.05) is 43.3 Å². The second-order valence-electron chi connectivity index (χ2n) is 8.19. The van der Waals surface area contributed by atoms with E-state index in [1.54, 1.807) is 18.6 Å². The Morgan fingerprint density at radius 2 is 1.76 bits per heavy atom. The third-order valence-electron chi connectivity index (χ3n) is 5.53. The quantitative estimate of drug-likeness (QED) is 0.188. The predicted octanol–water partition coefficient (Wildman–Crippen LogP) is 6.90. The largest absolute Gasteiger partial charge is 0.416 e. The van der Waals surface area contributed by atoms with E-state index in [0.29, 0.717) is 17.3 Å². The van der Waals surface area contributed by atoms with Crippen LogP contribution in [0.4, 0.5) is 36.2 Å². The van der Waals surface area contributed by atoms with Crippen molar-refractivity contribution in [2.75, 3.05) is 16.0 Å². The van der Waals surface area contributed by atoms with Crippen LogP contribution >= 0.6 is 12.2 Å². The highest BCUT2D eigenvalue weighted by atomic mass is 32.1. The zero-order valence-corrected chi connectivity index (χ0v) is 20.2. The summed E-state index contributed by atoms with van der Waals surface area (Å²) in [7, 11) is 0. The molecule has 0 saturated heterocycles. The van der Waals surface area contributed by atoms with Gasteiger partial charge < -0.3 is 20.9 Å². The summed E-state index contributed by atoms with van der Waals surface area (Å²) >= 11 is 5.32. The van der Waals surface area contributed by atoms with Gasteiger partial charge in [0, 0.05) is 41.2 Å². The van der Waals surface area contributed by atoms with Crippen molar-refractivity contribution in [3.63, 3.8) is 0 Å². The van der Waals surface area contributed by atoms with Crippen molar-refractivity contribution in [3.05, 3.63) is 90.4 Å². The Kier molecular flexibility index (Phi) is 6.45. The Morgan fingerprint density at radius 3 is 2.51 bits per heavy atom. The number of aromatic amines is 1. The zero-order valence-electron chi connectivity index (χ0n) is 19.4. The summed E-state index contributed by atoms with van der Waals surface area (Å²) in [5.41, 5.74) is 4.88. The lowest BCUT2D eigenvalue weighted by atomic mass is 10.1. The van der Waals surface area contributed by atoms with E-state index in [9.17, 15) is 13.2 Å². The average molecular weight is 520 g/mol. The number of nitrogens with one attached hydrogen (secondary N) is 4. The van der Waals surface area contributed by atoms with Crippen LogP contribution in [0.15, 0.2) is 79.3 Å². The second-order valence-corrected chi connectivity index (χ2v) is 8.60. The van der Waals surface area contributed by atoms with Gasteiger partial charge in [-0.3, -0.25) is 4.98 Å². The van der Waals surface area contributed by atoms with Crippen molar-refractivity contribution < 1.29 is 13.2 Å². The molecule has 4 N–H and O–H groups in total. The van der Waals surface area contributed by atoms with Crippen molar-refractivity contribution in [1.29, 1.82) is 0 Å². The van der Waals surface area contributed by atoms with Gasteiger partial charge in [-0.25, -0.2) is 9.97 Å². The Hall–Kier alpha value is -4.51. The molecular formula is C26H20F3N7S. The molecule has 0 saturated carbocycles. The second kappa shape index (κ2) is 9.86. The zero-order chi connectivity index (χ0) is 26.0. The molecule has 5 rings (SSSR count). The van der Waals surface area contributed by atoms with E-state index in [2.05, 4.69) is 30.9 Å². The number of anilines is 4. The Balaban J connectivity index is 1.36. The van der Waals surface area contributed by atoms with Crippen molar-refractivity contribution in [3.8, 4) is 11.3 Å². The number of halogens is 3. The van der Waals surface area contributed by atoms with Crippen molar-refractivity contribution in [2.24, 2.45) is 0 Å². The first-order valence-corrected chi connectivity index (χ1v) is 11.6. The number of alkyl halides is 3. The maximum absolute atomic E-state index is 13.0. The molecule has 2 aromatic carbocycles. The van der Waals surface area contributed by atoms with Crippen LogP contribution in [0.1, 0.15) is 11.1 Å². The minimum absolute atomic E-state index is 0.151. The maximum atomic E-state index is 13.0. The van der Waals surface area contributed by atoms with Crippen LogP contribution in [0.2, 0.25) is 0 Å². The lowest BCUT2D eigenvalue weighted by Crippen LogP contribution is -2.19. The molecule has 3 heterocycles. The fraction of sp³-hybridized carbons (Fsp3) is 0.0769. The van der Waals surface area contributed by atoms with Crippen LogP contribution in [0.5, 0.6) is 0 Å². The molecule has 186 valence electrons. The lowest BCUT2D eigenvalue weighted by Gasteiger charge is -2.15. The molecule has 0 spiro atoms. The fourth-order valence-electron chi connectivity index (χ4n) is 3.73. The van der Waals surface area contributed by atoms with Crippen molar-refractivity contribution >= 4 is 51.4 Å². The first-order valence-electron chi connectivity index (χ1n) is 11.1. The molecule has 0 fully saturated rings. The smallest absolute Gasteiger partial charge is 0.358 e. The van der Waals surface area contributed by atoms with Gasteiger partial charge in [0.15, 0.2) is 5.11 Å². The highest BCUT2D eigenvalue weighted by Gasteiger charge is 2.30. The highest BCUT2D eigenvalue weighted by Crippen LogP contribution is 2.31. The SMILES string of the molecule is Cc1ccc(NC(=S)Nc2cccc(C(F)(F)F)c2)cc1Nc1nc(-c2cccnc2)c2[nH]ccc2n1. The van der Waals surface area contributed by atoms with Gasteiger partial charge in [0.1, 0.15) is 5.69 Å². The van der Waals surface area contributed by atoms with Crippen LogP contribution < -0.4 is 16.0 Å². The van der Waals surface area contributed by atoms with E-state index in [0.717, 1.165) is 40.0 Å². The molecule has 3 aromatic heterocycles. The molecular weight excluding hydrogens is 499 g/mol. The molecule has 0 aliphatic rings. The number of benzene rings is 2. The van der Waals surface area contributed by atoms with Gasteiger partial charge in [-0.1, -0.05) is 12.1 Å². The van der Waals surface area contributed by atoms with Crippen molar-refractivity contribution in [1.82, 2.24) is 19.9 Å². The molecule has 7 nitrogen and oxygen atoms in total. The highest BCUT2D eigenvalue weighted by molar-refractivity contribution is 7.80. The summed E-state index contributed by atoms with van der Waals surface area (Å²) in [6, 6.07) is 16.0. The lowest BCUT2D eigenvalue weighted by molar-refractivity contribution is -0.137. The van der Waals surface area contributed by atoms with E-state index in [1.165, 1.54) is 12.1 Å². The number of hydrogen-bond donors (Lipinski definition) is 4. The van der Waals surface area contributed by atoms with Crippen LogP contribution in [-0.2, 0) is 6.18 Å². The third kappa shape index (κ3) is 5.51. The maximum Gasteiger partial charge on any atom is 0.416 e. The van der Waals surface area contributed by atoms with Crippen LogP contribution in [0, 0.1) is 6.92 Å². The molecule has 0 atom stereocenters. The number of nitrogens with zero attached hydrogens (tertiary/aromatic N) is 3. The summed E-state index contributed by atoms with van der Waals surface area (Å²) in [5, 5.41) is 9.22. The Labute approximate surface area is 215 Å². The van der Waals surface area contributed by atoms with Gasteiger partial charge in [-0.2, -0.15) is 13.2 Å². The summed E-state index contributed by atoms with van der Waals surface area (Å²) in [6.07, 6.45) is 0.800. The number of rotatable bonds is 5. The normalized spacial score (nSPS) is 11.4. The Bertz CT molecular complexity index is 1580. The van der Waals surface area contributed by atoms with Crippen molar-refractivity contribution in [2.45, 2.75) is 13.1 Å². The van der Waals surface area contributed by atoms with Gasteiger partial charge >= 0.3 is 6.18 Å². The van der Waals surface area contributed by atoms with E-state index < -0.39 is 11.7 Å². The molecule has 0 amide bonds. The van der Waals surface area contributed by atoms with E-state index >= 15 is 0 Å². The van der Waals surface area contributed by atoms with Gasteiger partial charge in [0.05, 0.1) is 16.6 Å². The molecule has 11 heteroatoms. The minimum Gasteiger partial charge on any atom is -0.358 e. The van der Waals surface area contributed by atoms with Gasteiger partial charge in [0.25, 0.3) is 0 Å². The summed E-state index contributed by atoms with van der Waals surface area (Å²) in [5.74, 6) is 0.399. The number of pyridine rings is 1. The molecule has 5 aromatic rings. The third-order valence-corrected chi connectivity index (χ3v) is 5.73. The van der Waals surface area contributed by atoms with Gasteiger partial charge in [0.2, 0.25) is 5.95 Å². The summed E-state index contributed by atoms with van der Waals surface area (Å²) in [4.78, 5) is 16.7. The van der Waals surface area contributed by atoms with E-state index in [4.69, 9.17) is 17.2 Å². The Morgan fingerprint density at radius 1 is 0.946 bits per heavy atom. The van der Waals surface area contributed by atoms with Crippen LogP contribution in [0.25, 0.3) is 22.3 Å². The average Bonchev–Trinajstić information content (AvgIpc) is 3.34. The number of H-pyrrole nitrogens is 1.